The Morgan fingerprint density at radius 2 is 1.14 bits per heavy atom. The lowest BCUT2D eigenvalue weighted by atomic mass is 9.99. The molecule has 0 N–H and O–H groups in total. The van der Waals surface area contributed by atoms with Gasteiger partial charge in [0.15, 0.2) is 0 Å². The number of hydrogen-bond acceptors (Lipinski definition) is 1. The fraction of sp³-hybridized carbons (Fsp3) is 0.100. The first-order valence-corrected chi connectivity index (χ1v) is 8.31. The maximum atomic E-state index is 2.27. The van der Waals surface area contributed by atoms with Crippen molar-refractivity contribution in [1.82, 2.24) is 0 Å². The van der Waals surface area contributed by atoms with Crippen LogP contribution in [0.5, 0.6) is 0 Å². The molecule has 3 rings (SSSR count). The Balaban J connectivity index is 1.92. The Bertz CT molecular complexity index is 728. The molecular weight excluding hydrogens is 272 g/mol. The summed E-state index contributed by atoms with van der Waals surface area (Å²) in [7, 11) is 0. The summed E-state index contributed by atoms with van der Waals surface area (Å²) in [5.74, 6) is 0. The highest BCUT2D eigenvalue weighted by Gasteiger charge is 2.02. The third-order valence-corrected chi connectivity index (χ3v) is 4.62. The molecule has 1 heteroatoms. The molecule has 0 saturated carbocycles. The first-order valence-electron chi connectivity index (χ1n) is 7.08. The largest absolute Gasteiger partial charge is 0.129 e. The zero-order chi connectivity index (χ0) is 14.7. The molecule has 0 aromatic heterocycles. The summed E-state index contributed by atoms with van der Waals surface area (Å²) in [6.07, 6.45) is 2.12. The summed E-state index contributed by atoms with van der Waals surface area (Å²) in [5, 5.41) is 0. The van der Waals surface area contributed by atoms with Crippen LogP contribution in [0.25, 0.3) is 22.3 Å². The molecule has 0 amide bonds. The Morgan fingerprint density at radius 1 is 0.619 bits per heavy atom. The van der Waals surface area contributed by atoms with Crippen molar-refractivity contribution in [2.45, 2.75) is 11.8 Å². The van der Waals surface area contributed by atoms with Crippen LogP contribution in [0.15, 0.2) is 77.7 Å². The Morgan fingerprint density at radius 3 is 1.71 bits per heavy atom. The highest BCUT2D eigenvalue weighted by atomic mass is 32.2. The highest BCUT2D eigenvalue weighted by molar-refractivity contribution is 7.98. The molecule has 0 unspecified atom stereocenters. The van der Waals surface area contributed by atoms with Crippen LogP contribution in [0, 0.1) is 6.92 Å². The zero-order valence-corrected chi connectivity index (χ0v) is 13.2. The van der Waals surface area contributed by atoms with Crippen molar-refractivity contribution in [2.24, 2.45) is 0 Å². The minimum atomic E-state index is 1.26. The predicted octanol–water partition coefficient (Wildman–Crippen LogP) is 6.05. The second-order valence-corrected chi connectivity index (χ2v) is 5.98. The molecule has 0 atom stereocenters. The lowest BCUT2D eigenvalue weighted by Crippen LogP contribution is -1.83. The van der Waals surface area contributed by atoms with Gasteiger partial charge in [-0.1, -0.05) is 66.7 Å². The van der Waals surface area contributed by atoms with Crippen LogP contribution in [-0.2, 0) is 0 Å². The van der Waals surface area contributed by atoms with Gasteiger partial charge in [0.1, 0.15) is 0 Å². The van der Waals surface area contributed by atoms with Crippen molar-refractivity contribution in [3.8, 4) is 22.3 Å². The molecule has 0 fully saturated rings. The van der Waals surface area contributed by atoms with E-state index in [1.807, 2.05) is 6.07 Å². The second kappa shape index (κ2) is 6.19. The molecule has 104 valence electrons. The Labute approximate surface area is 130 Å². The second-order valence-electron chi connectivity index (χ2n) is 5.13. The highest BCUT2D eigenvalue weighted by Crippen LogP contribution is 2.28. The van der Waals surface area contributed by atoms with E-state index in [9.17, 15) is 0 Å². The minimum absolute atomic E-state index is 1.26. The molecule has 0 bridgehead atoms. The lowest BCUT2D eigenvalue weighted by molar-refractivity contribution is 1.31. The van der Waals surface area contributed by atoms with E-state index >= 15 is 0 Å². The standard InChI is InChI=1S/C20H18S/c1-15-14-19(12-13-20(15)21-2)18-10-8-17(9-11-18)16-6-4-3-5-7-16/h3-14H,1-2H3. The molecule has 0 nitrogen and oxygen atoms in total. The van der Waals surface area contributed by atoms with Crippen molar-refractivity contribution >= 4 is 11.8 Å². The van der Waals surface area contributed by atoms with Gasteiger partial charge in [0, 0.05) is 4.90 Å². The van der Waals surface area contributed by atoms with Gasteiger partial charge in [-0.05, 0) is 47.1 Å². The summed E-state index contributed by atoms with van der Waals surface area (Å²) in [4.78, 5) is 1.35. The molecule has 0 saturated heterocycles. The Kier molecular flexibility index (Phi) is 4.12. The molecule has 3 aromatic rings. The first-order chi connectivity index (χ1) is 10.3. The first kappa shape index (κ1) is 14.0. The molecule has 0 aliphatic rings. The van der Waals surface area contributed by atoms with Gasteiger partial charge in [0.05, 0.1) is 0 Å². The van der Waals surface area contributed by atoms with E-state index in [0.29, 0.717) is 0 Å². The number of rotatable bonds is 3. The fourth-order valence-corrected chi connectivity index (χ4v) is 3.13. The maximum Gasteiger partial charge on any atom is 0.00987 e. The van der Waals surface area contributed by atoms with E-state index in [0.717, 1.165) is 0 Å². The molecule has 0 aliphatic heterocycles. The third-order valence-electron chi connectivity index (χ3n) is 3.72. The van der Waals surface area contributed by atoms with E-state index in [-0.39, 0.29) is 0 Å². The smallest absolute Gasteiger partial charge is 0.00987 e. The van der Waals surface area contributed by atoms with Gasteiger partial charge in [-0.15, -0.1) is 11.8 Å². The van der Waals surface area contributed by atoms with Crippen molar-refractivity contribution in [3.05, 3.63) is 78.4 Å². The topological polar surface area (TPSA) is 0 Å². The van der Waals surface area contributed by atoms with Gasteiger partial charge in [-0.2, -0.15) is 0 Å². The van der Waals surface area contributed by atoms with Crippen molar-refractivity contribution in [2.75, 3.05) is 6.26 Å². The average Bonchev–Trinajstić information content (AvgIpc) is 2.56. The van der Waals surface area contributed by atoms with E-state index in [1.54, 1.807) is 11.8 Å². The Hall–Kier alpha value is -1.99. The van der Waals surface area contributed by atoms with Crippen LogP contribution in [0.4, 0.5) is 0 Å². The van der Waals surface area contributed by atoms with Gasteiger partial charge >= 0.3 is 0 Å². The van der Waals surface area contributed by atoms with E-state index in [2.05, 4.69) is 79.9 Å². The molecule has 3 aromatic carbocycles. The van der Waals surface area contributed by atoms with Crippen molar-refractivity contribution in [3.63, 3.8) is 0 Å². The monoisotopic (exact) mass is 290 g/mol. The number of aryl methyl sites for hydroxylation is 1. The molecule has 0 spiro atoms. The normalized spacial score (nSPS) is 10.6. The summed E-state index contributed by atoms with van der Waals surface area (Å²) in [5.41, 5.74) is 6.41. The fourth-order valence-electron chi connectivity index (χ4n) is 2.54. The van der Waals surface area contributed by atoms with Crippen LogP contribution in [0.3, 0.4) is 0 Å². The van der Waals surface area contributed by atoms with E-state index < -0.39 is 0 Å². The molecule has 0 radical (unpaired) electrons. The van der Waals surface area contributed by atoms with Crippen LogP contribution in [0.1, 0.15) is 5.56 Å². The predicted molar refractivity (Wildman–Crippen MR) is 93.8 cm³/mol. The quantitative estimate of drug-likeness (QED) is 0.529. The van der Waals surface area contributed by atoms with E-state index in [1.165, 1.54) is 32.7 Å². The molecular formula is C20H18S. The van der Waals surface area contributed by atoms with Gasteiger partial charge in [0.25, 0.3) is 0 Å². The van der Waals surface area contributed by atoms with Gasteiger partial charge in [-0.3, -0.25) is 0 Å². The van der Waals surface area contributed by atoms with Gasteiger partial charge in [0.2, 0.25) is 0 Å². The summed E-state index contributed by atoms with van der Waals surface area (Å²) >= 11 is 1.80. The van der Waals surface area contributed by atoms with Crippen molar-refractivity contribution in [1.29, 1.82) is 0 Å². The number of benzene rings is 3. The zero-order valence-electron chi connectivity index (χ0n) is 12.3. The van der Waals surface area contributed by atoms with Crippen molar-refractivity contribution < 1.29 is 0 Å². The van der Waals surface area contributed by atoms with Gasteiger partial charge in [-0.25, -0.2) is 0 Å². The average molecular weight is 290 g/mol. The SMILES string of the molecule is CSc1ccc(-c2ccc(-c3ccccc3)cc2)cc1C. The summed E-state index contributed by atoms with van der Waals surface area (Å²) in [6, 6.07) is 26.0. The minimum Gasteiger partial charge on any atom is -0.129 e. The van der Waals surface area contributed by atoms with Gasteiger partial charge < -0.3 is 0 Å². The van der Waals surface area contributed by atoms with Crippen LogP contribution in [0.2, 0.25) is 0 Å². The van der Waals surface area contributed by atoms with Crippen LogP contribution in [-0.4, -0.2) is 6.26 Å². The summed E-state index contributed by atoms with van der Waals surface area (Å²) in [6.45, 7) is 2.17. The molecule has 21 heavy (non-hydrogen) atoms. The van der Waals surface area contributed by atoms with Crippen LogP contribution < -0.4 is 0 Å². The number of hydrogen-bond donors (Lipinski definition) is 0. The number of thioether (sulfide) groups is 1. The lowest BCUT2D eigenvalue weighted by Gasteiger charge is -2.08. The molecule has 0 heterocycles. The summed E-state index contributed by atoms with van der Waals surface area (Å²) < 4.78 is 0. The van der Waals surface area contributed by atoms with Crippen LogP contribution >= 0.6 is 11.8 Å². The van der Waals surface area contributed by atoms with E-state index in [4.69, 9.17) is 0 Å². The maximum absolute atomic E-state index is 2.27. The molecule has 0 aliphatic carbocycles. The third kappa shape index (κ3) is 3.03.